The number of aryl methyl sites for hydroxylation is 5. The number of nitrogens with zero attached hydrogens (tertiary/aromatic N) is 8. The van der Waals surface area contributed by atoms with Gasteiger partial charge >= 0.3 is 0 Å². The molecule has 1 saturated heterocycles. The van der Waals surface area contributed by atoms with E-state index in [-0.39, 0.29) is 0 Å². The van der Waals surface area contributed by atoms with Gasteiger partial charge in [-0.3, -0.25) is 9.67 Å². The fourth-order valence-electron chi connectivity index (χ4n) is 3.67. The third kappa shape index (κ3) is 3.39. The molecule has 1 aliphatic heterocycles. The van der Waals surface area contributed by atoms with Crippen LogP contribution in [0.3, 0.4) is 0 Å². The van der Waals surface area contributed by atoms with Crippen LogP contribution < -0.4 is 4.90 Å². The largest absolute Gasteiger partial charge is 0.383 e. The molecule has 27 heavy (non-hydrogen) atoms. The van der Waals surface area contributed by atoms with E-state index in [0.29, 0.717) is 19.1 Å². The molecule has 3 aromatic heterocycles. The first-order valence-corrected chi connectivity index (χ1v) is 9.40. The molecule has 1 aliphatic rings. The lowest BCUT2D eigenvalue weighted by Crippen LogP contribution is -2.33. The number of aromatic nitrogens is 7. The van der Waals surface area contributed by atoms with E-state index in [9.17, 15) is 0 Å². The standard InChI is InChI=1S/C18H26N8O/c1-12-10-19-13(2)17-20-15(22-26(12)17)7-8-16-21-18(23-24(16)3)25-9-5-6-14(25)11-27-4/h10,14H,5-9,11H2,1-4H3. The number of fused-ring (bicyclic) bond motifs is 1. The van der Waals surface area contributed by atoms with Crippen LogP contribution in [0.25, 0.3) is 5.65 Å². The van der Waals surface area contributed by atoms with Crippen LogP contribution in [0.4, 0.5) is 5.95 Å². The van der Waals surface area contributed by atoms with Crippen molar-refractivity contribution in [2.45, 2.75) is 45.6 Å². The van der Waals surface area contributed by atoms with Crippen LogP contribution >= 0.6 is 0 Å². The summed E-state index contributed by atoms with van der Waals surface area (Å²) in [6.45, 7) is 5.64. The summed E-state index contributed by atoms with van der Waals surface area (Å²) in [6.07, 6.45) is 5.56. The minimum atomic E-state index is 0.365. The lowest BCUT2D eigenvalue weighted by molar-refractivity contribution is 0.180. The predicted molar refractivity (Wildman–Crippen MR) is 101 cm³/mol. The molecule has 3 aromatic rings. The number of ether oxygens (including phenoxy) is 1. The molecule has 4 heterocycles. The Morgan fingerprint density at radius 1 is 1.19 bits per heavy atom. The minimum absolute atomic E-state index is 0.365. The Kier molecular flexibility index (Phi) is 4.77. The van der Waals surface area contributed by atoms with Gasteiger partial charge in [0.15, 0.2) is 11.5 Å². The Morgan fingerprint density at radius 3 is 2.81 bits per heavy atom. The lowest BCUT2D eigenvalue weighted by Gasteiger charge is -2.22. The lowest BCUT2D eigenvalue weighted by atomic mass is 10.2. The van der Waals surface area contributed by atoms with Gasteiger partial charge in [0.2, 0.25) is 5.95 Å². The van der Waals surface area contributed by atoms with Crippen molar-refractivity contribution in [2.24, 2.45) is 7.05 Å². The van der Waals surface area contributed by atoms with Crippen LogP contribution in [0, 0.1) is 13.8 Å². The molecule has 4 rings (SSSR count). The van der Waals surface area contributed by atoms with Crippen molar-refractivity contribution in [3.63, 3.8) is 0 Å². The summed E-state index contributed by atoms with van der Waals surface area (Å²) in [5.74, 6) is 2.54. The third-order valence-corrected chi connectivity index (χ3v) is 5.16. The first-order valence-electron chi connectivity index (χ1n) is 9.40. The molecular weight excluding hydrogens is 344 g/mol. The molecule has 1 atom stereocenters. The maximum absolute atomic E-state index is 5.34. The molecule has 144 valence electrons. The molecule has 0 aromatic carbocycles. The van der Waals surface area contributed by atoms with Crippen molar-refractivity contribution < 1.29 is 4.74 Å². The van der Waals surface area contributed by atoms with Gasteiger partial charge in [0, 0.05) is 39.7 Å². The molecule has 0 aliphatic carbocycles. The van der Waals surface area contributed by atoms with Gasteiger partial charge in [0.05, 0.1) is 24.0 Å². The highest BCUT2D eigenvalue weighted by Crippen LogP contribution is 2.23. The number of hydrogen-bond donors (Lipinski definition) is 0. The number of anilines is 1. The molecule has 0 bridgehead atoms. The summed E-state index contributed by atoms with van der Waals surface area (Å²) in [7, 11) is 3.69. The minimum Gasteiger partial charge on any atom is -0.383 e. The third-order valence-electron chi connectivity index (χ3n) is 5.16. The van der Waals surface area contributed by atoms with Crippen LogP contribution in [-0.4, -0.2) is 60.6 Å². The zero-order valence-electron chi connectivity index (χ0n) is 16.4. The second-order valence-corrected chi connectivity index (χ2v) is 7.14. The molecule has 9 heteroatoms. The van der Waals surface area contributed by atoms with E-state index in [0.717, 1.165) is 60.4 Å². The van der Waals surface area contributed by atoms with E-state index >= 15 is 0 Å². The Labute approximate surface area is 158 Å². The van der Waals surface area contributed by atoms with Crippen LogP contribution in [0.1, 0.15) is 35.9 Å². The van der Waals surface area contributed by atoms with Gasteiger partial charge < -0.3 is 9.64 Å². The molecule has 0 radical (unpaired) electrons. The molecule has 0 amide bonds. The van der Waals surface area contributed by atoms with Crippen molar-refractivity contribution in [2.75, 3.05) is 25.2 Å². The summed E-state index contributed by atoms with van der Waals surface area (Å²) in [4.78, 5) is 16.0. The maximum Gasteiger partial charge on any atom is 0.245 e. The van der Waals surface area contributed by atoms with Gasteiger partial charge in [-0.2, -0.15) is 10.1 Å². The molecule has 0 N–H and O–H groups in total. The van der Waals surface area contributed by atoms with Gasteiger partial charge in [-0.05, 0) is 26.7 Å². The van der Waals surface area contributed by atoms with Crippen LogP contribution in [0.2, 0.25) is 0 Å². The van der Waals surface area contributed by atoms with Gasteiger partial charge in [0.25, 0.3) is 0 Å². The smallest absolute Gasteiger partial charge is 0.245 e. The SMILES string of the molecule is COCC1CCCN1c1nc(CCc2nc3c(C)ncc(C)n3n2)n(C)n1. The molecule has 9 nitrogen and oxygen atoms in total. The highest BCUT2D eigenvalue weighted by molar-refractivity contribution is 5.43. The second kappa shape index (κ2) is 7.22. The fourth-order valence-corrected chi connectivity index (χ4v) is 3.67. The molecule has 0 saturated carbocycles. The zero-order valence-corrected chi connectivity index (χ0v) is 16.4. The van der Waals surface area contributed by atoms with Crippen molar-refractivity contribution in [3.05, 3.63) is 29.2 Å². The van der Waals surface area contributed by atoms with Crippen molar-refractivity contribution in [3.8, 4) is 0 Å². The zero-order chi connectivity index (χ0) is 19.0. The summed E-state index contributed by atoms with van der Waals surface area (Å²) < 4.78 is 9.07. The van der Waals surface area contributed by atoms with Crippen LogP contribution in [0.5, 0.6) is 0 Å². The fraction of sp³-hybridized carbons (Fsp3) is 0.611. The van der Waals surface area contributed by atoms with Gasteiger partial charge in [-0.25, -0.2) is 9.50 Å². The Hall–Kier alpha value is -2.55. The molecular formula is C18H26N8O. The van der Waals surface area contributed by atoms with Gasteiger partial charge in [-0.15, -0.1) is 5.10 Å². The molecule has 1 unspecified atom stereocenters. The summed E-state index contributed by atoms with van der Waals surface area (Å²) in [5, 5.41) is 9.25. The number of methoxy groups -OCH3 is 1. The summed E-state index contributed by atoms with van der Waals surface area (Å²) in [6, 6.07) is 0.365. The quantitative estimate of drug-likeness (QED) is 0.646. The average Bonchev–Trinajstić information content (AvgIpc) is 3.35. The van der Waals surface area contributed by atoms with Crippen molar-refractivity contribution >= 4 is 11.6 Å². The van der Waals surface area contributed by atoms with Crippen molar-refractivity contribution in [1.29, 1.82) is 0 Å². The van der Waals surface area contributed by atoms with E-state index in [1.807, 2.05) is 36.3 Å². The highest BCUT2D eigenvalue weighted by Gasteiger charge is 2.28. The van der Waals surface area contributed by atoms with E-state index < -0.39 is 0 Å². The maximum atomic E-state index is 5.34. The van der Waals surface area contributed by atoms with Crippen LogP contribution in [-0.2, 0) is 24.6 Å². The van der Waals surface area contributed by atoms with Gasteiger partial charge in [0.1, 0.15) is 5.82 Å². The Balaban J connectivity index is 1.50. The number of rotatable bonds is 6. The monoisotopic (exact) mass is 370 g/mol. The number of hydrogen-bond acceptors (Lipinski definition) is 7. The first kappa shape index (κ1) is 17.8. The van der Waals surface area contributed by atoms with Crippen LogP contribution in [0.15, 0.2) is 6.20 Å². The predicted octanol–water partition coefficient (Wildman–Crippen LogP) is 1.27. The van der Waals surface area contributed by atoms with Crippen molar-refractivity contribution in [1.82, 2.24) is 34.3 Å². The summed E-state index contributed by atoms with van der Waals surface area (Å²) in [5.41, 5.74) is 2.69. The summed E-state index contributed by atoms with van der Waals surface area (Å²) >= 11 is 0. The Bertz CT molecular complexity index is 907. The molecule has 0 spiro atoms. The van der Waals surface area contributed by atoms with E-state index in [4.69, 9.17) is 9.72 Å². The average molecular weight is 370 g/mol. The molecule has 1 fully saturated rings. The Morgan fingerprint density at radius 2 is 2.04 bits per heavy atom. The first-order chi connectivity index (χ1) is 13.1. The van der Waals surface area contributed by atoms with E-state index in [1.165, 1.54) is 0 Å². The topological polar surface area (TPSA) is 86.3 Å². The van der Waals surface area contributed by atoms with E-state index in [2.05, 4.69) is 25.1 Å². The van der Waals surface area contributed by atoms with E-state index in [1.54, 1.807) is 7.11 Å². The van der Waals surface area contributed by atoms with Gasteiger partial charge in [-0.1, -0.05) is 0 Å². The normalized spacial score (nSPS) is 17.3. The second-order valence-electron chi connectivity index (χ2n) is 7.14. The highest BCUT2D eigenvalue weighted by atomic mass is 16.5.